The molecule has 2 N–H and O–H groups in total. The van der Waals surface area contributed by atoms with E-state index >= 15 is 0 Å². The molecule has 0 saturated carbocycles. The molecule has 1 aromatic heterocycles. The largest absolute Gasteiger partial charge is 0.633 e. The third-order valence-corrected chi connectivity index (χ3v) is 7.21. The first kappa shape index (κ1) is 24.4. The van der Waals surface area contributed by atoms with Crippen molar-refractivity contribution in [3.63, 3.8) is 0 Å². The summed E-state index contributed by atoms with van der Waals surface area (Å²) in [5, 5.41) is 16.1. The van der Waals surface area contributed by atoms with Crippen molar-refractivity contribution in [2.45, 2.75) is 38.1 Å². The summed E-state index contributed by atoms with van der Waals surface area (Å²) in [7, 11) is 3.15. The van der Waals surface area contributed by atoms with Gasteiger partial charge in [0.1, 0.15) is 0 Å². The zero-order valence-electron chi connectivity index (χ0n) is 20.5. The zero-order valence-corrected chi connectivity index (χ0v) is 20.5. The molecule has 2 aromatic rings. The van der Waals surface area contributed by atoms with Crippen LogP contribution in [0.1, 0.15) is 36.8 Å². The van der Waals surface area contributed by atoms with Gasteiger partial charge in [-0.2, -0.15) is 0 Å². The van der Waals surface area contributed by atoms with Gasteiger partial charge in [-0.05, 0) is 37.0 Å². The number of rotatable bonds is 8. The third-order valence-electron chi connectivity index (χ3n) is 7.21. The number of H-pyrrole nitrogens is 1. The summed E-state index contributed by atoms with van der Waals surface area (Å²) in [4.78, 5) is 33.7. The molecule has 34 heavy (non-hydrogen) atoms. The minimum atomic E-state index is -0.444. The van der Waals surface area contributed by atoms with Crippen molar-refractivity contribution in [1.82, 2.24) is 20.1 Å². The van der Waals surface area contributed by atoms with Crippen LogP contribution in [0.5, 0.6) is 0 Å². The highest BCUT2D eigenvalue weighted by molar-refractivity contribution is 5.96. The van der Waals surface area contributed by atoms with Crippen molar-refractivity contribution < 1.29 is 14.2 Å². The molecule has 0 spiro atoms. The van der Waals surface area contributed by atoms with Crippen molar-refractivity contribution in [3.8, 4) is 0 Å². The lowest BCUT2D eigenvalue weighted by Gasteiger charge is -2.47. The summed E-state index contributed by atoms with van der Waals surface area (Å²) in [6, 6.07) is 6.29. The number of piperidine rings is 1. The van der Waals surface area contributed by atoms with Gasteiger partial charge in [0.25, 0.3) is 0 Å². The van der Waals surface area contributed by atoms with E-state index in [0.717, 1.165) is 11.9 Å². The molecule has 184 valence electrons. The van der Waals surface area contributed by atoms with E-state index in [0.29, 0.717) is 45.1 Å². The zero-order chi connectivity index (χ0) is 24.5. The lowest BCUT2D eigenvalue weighted by Crippen LogP contribution is -2.55. The summed E-state index contributed by atoms with van der Waals surface area (Å²) in [6.07, 6.45) is 6.13. The molecule has 8 heteroatoms. The van der Waals surface area contributed by atoms with E-state index in [1.54, 1.807) is 14.1 Å². The Hall–Kier alpha value is -2.68. The first-order valence-corrected chi connectivity index (χ1v) is 12.3. The normalized spacial score (nSPS) is 22.3. The van der Waals surface area contributed by atoms with Crippen molar-refractivity contribution in [2.75, 3.05) is 46.8 Å². The van der Waals surface area contributed by atoms with E-state index in [9.17, 15) is 14.8 Å². The Morgan fingerprint density at radius 1 is 1.38 bits per heavy atom. The van der Waals surface area contributed by atoms with Gasteiger partial charge >= 0.3 is 6.03 Å². The highest BCUT2D eigenvalue weighted by Gasteiger charge is 2.44. The molecule has 0 unspecified atom stereocenters. The molecule has 1 fully saturated rings. The average molecular weight is 468 g/mol. The number of aromatic nitrogens is 1. The third kappa shape index (κ3) is 4.89. The minimum absolute atomic E-state index is 0.151. The van der Waals surface area contributed by atoms with Crippen molar-refractivity contribution in [3.05, 3.63) is 53.4 Å². The second-order valence-electron chi connectivity index (χ2n) is 10.1. The highest BCUT2D eigenvalue weighted by atomic mass is 16.5. The lowest BCUT2D eigenvalue weighted by molar-refractivity contribution is -0.840. The number of amides is 3. The van der Waals surface area contributed by atoms with Crippen LogP contribution in [0.4, 0.5) is 4.79 Å². The summed E-state index contributed by atoms with van der Waals surface area (Å²) in [5.41, 5.74) is 3.75. The van der Waals surface area contributed by atoms with Crippen molar-refractivity contribution in [2.24, 2.45) is 5.92 Å². The maximum atomic E-state index is 13.8. The summed E-state index contributed by atoms with van der Waals surface area (Å²) in [5.74, 6) is -0.237. The number of quaternary nitrogens is 1. The molecule has 3 amide bonds. The maximum absolute atomic E-state index is 13.8. The fourth-order valence-corrected chi connectivity index (χ4v) is 5.74. The summed E-state index contributed by atoms with van der Waals surface area (Å²) >= 11 is 0. The first-order valence-electron chi connectivity index (χ1n) is 12.3. The van der Waals surface area contributed by atoms with Crippen LogP contribution in [0.2, 0.25) is 0 Å². The molecular weight excluding hydrogens is 430 g/mol. The van der Waals surface area contributed by atoms with Gasteiger partial charge in [0.15, 0.2) is 0 Å². The Morgan fingerprint density at radius 3 is 2.88 bits per heavy atom. The monoisotopic (exact) mass is 467 g/mol. The molecule has 1 aliphatic carbocycles. The Morgan fingerprint density at radius 2 is 2.18 bits per heavy atom. The van der Waals surface area contributed by atoms with Crippen LogP contribution in [0, 0.1) is 11.1 Å². The van der Waals surface area contributed by atoms with E-state index in [4.69, 9.17) is 0 Å². The standard InChI is InChI=1S/C26H37N5O3/c1-5-11-29-17-19(25(32)30(26(33)27-6-2)12-8-13-31(3,4)34)14-21-20-9-7-10-22-24(20)18(16-28-22)15-23(21)29/h5,7,9-10,16,19,21,23,28H,1,6,8,11-15,17H2,2-4H3,(H,27,33)/t19-,21-,23-/m1/s1. The van der Waals surface area contributed by atoms with Gasteiger partial charge in [0.2, 0.25) is 5.91 Å². The van der Waals surface area contributed by atoms with E-state index in [2.05, 4.69) is 46.2 Å². The molecule has 0 bridgehead atoms. The smallest absolute Gasteiger partial charge is 0.324 e. The van der Waals surface area contributed by atoms with Gasteiger partial charge in [0, 0.05) is 61.7 Å². The summed E-state index contributed by atoms with van der Waals surface area (Å²) < 4.78 is -0.444. The Balaban J connectivity index is 1.61. The van der Waals surface area contributed by atoms with Gasteiger partial charge in [0.05, 0.1) is 26.6 Å². The molecule has 1 aromatic carbocycles. The van der Waals surface area contributed by atoms with Gasteiger partial charge < -0.3 is 20.2 Å². The maximum Gasteiger partial charge on any atom is 0.324 e. The molecule has 1 aliphatic heterocycles. The first-order chi connectivity index (χ1) is 16.2. The minimum Gasteiger partial charge on any atom is -0.633 e. The number of hydrogen-bond acceptors (Lipinski definition) is 4. The Bertz CT molecular complexity index is 1060. The molecule has 2 aliphatic rings. The number of hydroxylamine groups is 3. The van der Waals surface area contributed by atoms with E-state index in [1.807, 2.05) is 13.0 Å². The van der Waals surface area contributed by atoms with Crippen LogP contribution in [-0.4, -0.2) is 84.2 Å². The van der Waals surface area contributed by atoms with Crippen LogP contribution in [0.25, 0.3) is 10.9 Å². The second-order valence-corrected chi connectivity index (χ2v) is 10.1. The number of benzene rings is 1. The molecule has 4 rings (SSSR count). The molecular formula is C26H37N5O3. The Labute approximate surface area is 201 Å². The number of carbonyl (C=O) groups excluding carboxylic acids is 2. The van der Waals surface area contributed by atoms with Gasteiger partial charge in [-0.15, -0.1) is 6.58 Å². The fourth-order valence-electron chi connectivity index (χ4n) is 5.74. The van der Waals surface area contributed by atoms with Gasteiger partial charge in [-0.1, -0.05) is 18.2 Å². The van der Waals surface area contributed by atoms with E-state index < -0.39 is 4.65 Å². The van der Waals surface area contributed by atoms with Crippen LogP contribution >= 0.6 is 0 Å². The van der Waals surface area contributed by atoms with Crippen molar-refractivity contribution in [1.29, 1.82) is 0 Å². The molecule has 3 atom stereocenters. The van der Waals surface area contributed by atoms with Crippen LogP contribution in [0.15, 0.2) is 37.1 Å². The number of carbonyl (C=O) groups is 2. The quantitative estimate of drug-likeness (QED) is 0.354. The number of aromatic amines is 1. The number of imide groups is 1. The fraction of sp³-hybridized carbons (Fsp3) is 0.538. The van der Waals surface area contributed by atoms with Crippen molar-refractivity contribution >= 4 is 22.8 Å². The molecule has 0 radical (unpaired) electrons. The highest BCUT2D eigenvalue weighted by Crippen LogP contribution is 2.45. The van der Waals surface area contributed by atoms with Crippen LogP contribution in [0.3, 0.4) is 0 Å². The topological polar surface area (TPSA) is 91.5 Å². The van der Waals surface area contributed by atoms with Gasteiger partial charge in [-0.25, -0.2) is 4.79 Å². The molecule has 2 heterocycles. The predicted octanol–water partition coefficient (Wildman–Crippen LogP) is 3.21. The second kappa shape index (κ2) is 9.90. The molecule has 8 nitrogen and oxygen atoms in total. The molecule has 1 saturated heterocycles. The number of urea groups is 1. The van der Waals surface area contributed by atoms with Crippen LogP contribution in [-0.2, 0) is 11.2 Å². The summed E-state index contributed by atoms with van der Waals surface area (Å²) in [6.45, 7) is 8.12. The number of likely N-dealkylation sites (tertiary alicyclic amines) is 1. The number of hydrogen-bond donors (Lipinski definition) is 2. The van der Waals surface area contributed by atoms with E-state index in [1.165, 1.54) is 21.4 Å². The number of fused-ring (bicyclic) bond motifs is 2. The van der Waals surface area contributed by atoms with Crippen LogP contribution < -0.4 is 5.32 Å². The predicted molar refractivity (Wildman–Crippen MR) is 134 cm³/mol. The lowest BCUT2D eigenvalue weighted by atomic mass is 9.72. The van der Waals surface area contributed by atoms with E-state index in [-0.39, 0.29) is 30.3 Å². The Kier molecular flexibility index (Phi) is 7.12. The number of nitrogens with one attached hydrogen (secondary N) is 2. The average Bonchev–Trinajstić information content (AvgIpc) is 3.20. The van der Waals surface area contributed by atoms with Gasteiger partial charge in [-0.3, -0.25) is 14.6 Å². The SMILES string of the molecule is C=CCN1C[C@H](C(=O)N(CCC[N+](C)(C)[O-])C(=O)NCC)C[C@@H]2c3cccc4[nH]cc(c34)C[C@H]21. The number of nitrogens with zero attached hydrogens (tertiary/aromatic N) is 3.